The molecule has 1 fully saturated rings. The molecule has 0 atom stereocenters. The van der Waals surface area contributed by atoms with Gasteiger partial charge in [0.15, 0.2) is 0 Å². The van der Waals surface area contributed by atoms with Crippen LogP contribution in [0.25, 0.3) is 6.08 Å². The summed E-state index contributed by atoms with van der Waals surface area (Å²) in [5, 5.41) is 0. The molecule has 0 aliphatic carbocycles. The van der Waals surface area contributed by atoms with Crippen molar-refractivity contribution < 1.29 is 4.79 Å². The van der Waals surface area contributed by atoms with Crippen LogP contribution >= 0.6 is 0 Å². The first-order valence-electron chi connectivity index (χ1n) is 12.2. The van der Waals surface area contributed by atoms with E-state index in [2.05, 4.69) is 58.7 Å². The van der Waals surface area contributed by atoms with Gasteiger partial charge in [-0.2, -0.15) is 0 Å². The van der Waals surface area contributed by atoms with Crippen LogP contribution in [0, 0.1) is 0 Å². The number of allylic oxidation sites excluding steroid dienone is 1. The molecule has 6 heteroatoms. The molecule has 0 saturated carbocycles. The lowest BCUT2D eigenvalue weighted by Gasteiger charge is -2.45. The fraction of sp³-hybridized carbons (Fsp3) is 0.519. The molecule has 0 N–H and O–H groups in total. The minimum absolute atomic E-state index is 0.274. The Balaban J connectivity index is 0.000000286. The van der Waals surface area contributed by atoms with Crippen molar-refractivity contribution in [1.82, 2.24) is 19.8 Å². The van der Waals surface area contributed by atoms with Crippen LogP contribution in [0.5, 0.6) is 0 Å². The molecule has 0 radical (unpaired) electrons. The third-order valence-corrected chi connectivity index (χ3v) is 6.62. The van der Waals surface area contributed by atoms with Gasteiger partial charge < -0.3 is 9.80 Å². The molecule has 2 aliphatic heterocycles. The van der Waals surface area contributed by atoms with Crippen LogP contribution in [0.15, 0.2) is 42.7 Å². The SMILES string of the molecule is C/C=C/c1ccccc1.CCCC(C)(C)N1CCN(c2ncnc3c2CCN(C=O)C3)CC1. The van der Waals surface area contributed by atoms with Crippen molar-refractivity contribution in [2.24, 2.45) is 0 Å². The molecule has 178 valence electrons. The van der Waals surface area contributed by atoms with Crippen LogP contribution in [0.4, 0.5) is 5.82 Å². The van der Waals surface area contributed by atoms with Gasteiger partial charge in [-0.05, 0) is 39.2 Å². The summed E-state index contributed by atoms with van der Waals surface area (Å²) >= 11 is 0. The smallest absolute Gasteiger partial charge is 0.210 e. The minimum atomic E-state index is 0.274. The molecule has 1 saturated heterocycles. The van der Waals surface area contributed by atoms with Crippen LogP contribution in [0.3, 0.4) is 0 Å². The topological polar surface area (TPSA) is 52.6 Å². The van der Waals surface area contributed by atoms with Crippen molar-refractivity contribution in [2.45, 2.75) is 59.0 Å². The summed E-state index contributed by atoms with van der Waals surface area (Å²) in [4.78, 5) is 26.8. The van der Waals surface area contributed by atoms with E-state index in [0.717, 1.165) is 57.1 Å². The number of anilines is 1. The van der Waals surface area contributed by atoms with Gasteiger partial charge in [0, 0.05) is 43.8 Å². The summed E-state index contributed by atoms with van der Waals surface area (Å²) in [5.41, 5.74) is 3.78. The number of aromatic nitrogens is 2. The number of carbonyl (C=O) groups is 1. The molecule has 2 aliphatic rings. The molecule has 1 aromatic heterocycles. The molecule has 2 aromatic rings. The Kier molecular flexibility index (Phi) is 9.01. The molecule has 1 amide bonds. The van der Waals surface area contributed by atoms with Gasteiger partial charge in [-0.1, -0.05) is 55.8 Å². The van der Waals surface area contributed by atoms with Gasteiger partial charge in [0.25, 0.3) is 0 Å². The maximum Gasteiger partial charge on any atom is 0.210 e. The lowest BCUT2D eigenvalue weighted by Crippen LogP contribution is -2.55. The number of rotatable bonds is 6. The van der Waals surface area contributed by atoms with Crippen LogP contribution in [-0.4, -0.2) is 64.4 Å². The van der Waals surface area contributed by atoms with Crippen molar-refractivity contribution in [1.29, 1.82) is 0 Å². The molecule has 4 rings (SSSR count). The maximum absolute atomic E-state index is 11.0. The number of hydrogen-bond acceptors (Lipinski definition) is 5. The van der Waals surface area contributed by atoms with E-state index >= 15 is 0 Å². The third-order valence-electron chi connectivity index (χ3n) is 6.62. The number of hydrogen-bond donors (Lipinski definition) is 0. The molecule has 0 unspecified atom stereocenters. The van der Waals surface area contributed by atoms with E-state index in [1.54, 1.807) is 11.2 Å². The first-order valence-corrected chi connectivity index (χ1v) is 12.2. The minimum Gasteiger partial charge on any atom is -0.354 e. The van der Waals surface area contributed by atoms with Crippen LogP contribution in [0.2, 0.25) is 0 Å². The molecule has 6 nitrogen and oxygen atoms in total. The highest BCUT2D eigenvalue weighted by atomic mass is 16.1. The van der Waals surface area contributed by atoms with Gasteiger partial charge >= 0.3 is 0 Å². The molecular formula is C27H39N5O. The summed E-state index contributed by atoms with van der Waals surface area (Å²) in [6.45, 7) is 14.5. The standard InChI is InChI=1S/C18H29N5O.C9H10/c1-4-6-18(2,3)23-10-8-22(9-11-23)17-15-5-7-21(14-24)12-16(15)19-13-20-17;1-2-6-9-7-4-3-5-8-9/h13-14H,4-12H2,1-3H3;2-8H,1H3/b;6-2+. The average Bonchev–Trinajstić information content (AvgIpc) is 2.84. The van der Waals surface area contributed by atoms with Crippen LogP contribution < -0.4 is 4.90 Å². The Bertz CT molecular complexity index is 904. The quantitative estimate of drug-likeness (QED) is 0.612. The summed E-state index contributed by atoms with van der Waals surface area (Å²) in [7, 11) is 0. The van der Waals surface area contributed by atoms with E-state index in [-0.39, 0.29) is 5.54 Å². The van der Waals surface area contributed by atoms with Crippen molar-refractivity contribution in [3.8, 4) is 0 Å². The zero-order chi connectivity index (χ0) is 23.7. The van der Waals surface area contributed by atoms with Crippen molar-refractivity contribution in [3.05, 3.63) is 59.6 Å². The fourth-order valence-corrected chi connectivity index (χ4v) is 4.77. The van der Waals surface area contributed by atoms with E-state index in [1.807, 2.05) is 31.2 Å². The number of fused-ring (bicyclic) bond motifs is 1. The second-order valence-corrected chi connectivity index (χ2v) is 9.40. The maximum atomic E-state index is 11.0. The van der Waals surface area contributed by atoms with Crippen molar-refractivity contribution in [3.63, 3.8) is 0 Å². The second-order valence-electron chi connectivity index (χ2n) is 9.40. The van der Waals surface area contributed by atoms with Gasteiger partial charge in [-0.3, -0.25) is 9.69 Å². The number of amides is 1. The third kappa shape index (κ3) is 6.64. The zero-order valence-corrected chi connectivity index (χ0v) is 20.7. The molecular weight excluding hydrogens is 410 g/mol. The normalized spacial score (nSPS) is 16.8. The summed E-state index contributed by atoms with van der Waals surface area (Å²) in [5.74, 6) is 1.08. The Morgan fingerprint density at radius 2 is 1.76 bits per heavy atom. The largest absolute Gasteiger partial charge is 0.354 e. The van der Waals surface area contributed by atoms with Gasteiger partial charge in [0.05, 0.1) is 12.2 Å². The molecule has 0 bridgehead atoms. The Morgan fingerprint density at radius 1 is 1.03 bits per heavy atom. The van der Waals surface area contributed by atoms with Gasteiger partial charge in [-0.25, -0.2) is 9.97 Å². The highest BCUT2D eigenvalue weighted by Gasteiger charge is 2.31. The number of nitrogens with zero attached hydrogens (tertiary/aromatic N) is 5. The lowest BCUT2D eigenvalue weighted by atomic mass is 9.95. The number of carbonyl (C=O) groups excluding carboxylic acids is 1. The highest BCUT2D eigenvalue weighted by Crippen LogP contribution is 2.28. The Morgan fingerprint density at radius 3 is 2.39 bits per heavy atom. The molecule has 1 aromatic carbocycles. The summed E-state index contributed by atoms with van der Waals surface area (Å²) in [6.07, 6.45) is 9.99. The van der Waals surface area contributed by atoms with E-state index in [0.29, 0.717) is 6.54 Å². The monoisotopic (exact) mass is 449 g/mol. The van der Waals surface area contributed by atoms with Gasteiger partial charge in [0.2, 0.25) is 6.41 Å². The Labute approximate surface area is 199 Å². The predicted molar refractivity (Wildman–Crippen MR) is 136 cm³/mol. The lowest BCUT2D eigenvalue weighted by molar-refractivity contribution is -0.119. The number of piperazine rings is 1. The van der Waals surface area contributed by atoms with Crippen molar-refractivity contribution >= 4 is 18.3 Å². The zero-order valence-electron chi connectivity index (χ0n) is 20.7. The summed E-state index contributed by atoms with van der Waals surface area (Å²) < 4.78 is 0. The molecule has 3 heterocycles. The first-order chi connectivity index (χ1) is 16.0. The van der Waals surface area contributed by atoms with Gasteiger partial charge in [-0.15, -0.1) is 0 Å². The van der Waals surface area contributed by atoms with E-state index in [4.69, 9.17) is 0 Å². The van der Waals surface area contributed by atoms with E-state index in [9.17, 15) is 4.79 Å². The number of benzene rings is 1. The molecule has 33 heavy (non-hydrogen) atoms. The van der Waals surface area contributed by atoms with Gasteiger partial charge in [0.1, 0.15) is 12.1 Å². The Hall–Kier alpha value is -2.73. The van der Waals surface area contributed by atoms with Crippen LogP contribution in [-0.2, 0) is 17.8 Å². The predicted octanol–water partition coefficient (Wildman–Crippen LogP) is 4.41. The van der Waals surface area contributed by atoms with Crippen LogP contribution in [0.1, 0.15) is 57.4 Å². The average molecular weight is 450 g/mol. The summed E-state index contributed by atoms with van der Waals surface area (Å²) in [6, 6.07) is 10.3. The highest BCUT2D eigenvalue weighted by molar-refractivity contribution is 5.54. The second kappa shape index (κ2) is 11.9. The first kappa shape index (κ1) is 24.9. The fourth-order valence-electron chi connectivity index (χ4n) is 4.77. The van der Waals surface area contributed by atoms with E-state index < -0.39 is 0 Å². The van der Waals surface area contributed by atoms with E-state index in [1.165, 1.54) is 24.0 Å². The molecule has 0 spiro atoms. The van der Waals surface area contributed by atoms with Crippen molar-refractivity contribution in [2.75, 3.05) is 37.6 Å².